The van der Waals surface area contributed by atoms with Crippen molar-refractivity contribution in [2.45, 2.75) is 13.8 Å². The number of hydrogen-bond donors (Lipinski definition) is 1. The van der Waals surface area contributed by atoms with Crippen LogP contribution in [-0.4, -0.2) is 31.7 Å². The molecule has 0 spiro atoms. The van der Waals surface area contributed by atoms with Gasteiger partial charge in [-0.25, -0.2) is 4.79 Å². The zero-order chi connectivity index (χ0) is 19.6. The van der Waals surface area contributed by atoms with Gasteiger partial charge in [0, 0.05) is 11.8 Å². The Labute approximate surface area is 157 Å². The molecule has 0 aromatic heterocycles. The molecule has 0 bridgehead atoms. The molecule has 140 valence electrons. The average Bonchev–Trinajstić information content (AvgIpc) is 2.67. The first kappa shape index (κ1) is 19.8. The van der Waals surface area contributed by atoms with E-state index in [1.165, 1.54) is 6.07 Å². The Morgan fingerprint density at radius 2 is 1.85 bits per heavy atom. The van der Waals surface area contributed by atoms with E-state index >= 15 is 0 Å². The van der Waals surface area contributed by atoms with Crippen LogP contribution in [0.4, 0.5) is 5.69 Å². The van der Waals surface area contributed by atoms with Crippen molar-refractivity contribution >= 4 is 17.6 Å². The normalized spacial score (nSPS) is 9.81. The van der Waals surface area contributed by atoms with E-state index in [9.17, 15) is 9.59 Å². The number of benzene rings is 2. The maximum Gasteiger partial charge on any atom is 0.338 e. The molecule has 0 atom stereocenters. The van der Waals surface area contributed by atoms with Gasteiger partial charge in [0.25, 0.3) is 5.91 Å². The summed E-state index contributed by atoms with van der Waals surface area (Å²) in [7, 11) is 0. The van der Waals surface area contributed by atoms with E-state index in [0.29, 0.717) is 34.9 Å². The van der Waals surface area contributed by atoms with E-state index in [1.54, 1.807) is 43.3 Å². The fourth-order valence-corrected chi connectivity index (χ4v) is 2.24. The summed E-state index contributed by atoms with van der Waals surface area (Å²) in [6, 6.07) is 13.2. The van der Waals surface area contributed by atoms with Crippen LogP contribution in [0.5, 0.6) is 11.5 Å². The van der Waals surface area contributed by atoms with Crippen molar-refractivity contribution in [3.63, 3.8) is 0 Å². The average molecular weight is 368 g/mol. The lowest BCUT2D eigenvalue weighted by molar-refractivity contribution is -0.118. The Bertz CT molecular complexity index is 858. The van der Waals surface area contributed by atoms with Gasteiger partial charge in [0.1, 0.15) is 0 Å². The Morgan fingerprint density at radius 1 is 1.04 bits per heavy atom. The van der Waals surface area contributed by atoms with Crippen LogP contribution in [-0.2, 0) is 9.53 Å². The van der Waals surface area contributed by atoms with Gasteiger partial charge in [-0.2, -0.15) is 5.26 Å². The Kier molecular flexibility index (Phi) is 7.20. The van der Waals surface area contributed by atoms with Crippen molar-refractivity contribution in [2.75, 3.05) is 25.1 Å². The summed E-state index contributed by atoms with van der Waals surface area (Å²) in [5.74, 6) is -0.0912. The van der Waals surface area contributed by atoms with Crippen LogP contribution in [0, 0.1) is 11.3 Å². The van der Waals surface area contributed by atoms with E-state index < -0.39 is 11.9 Å². The van der Waals surface area contributed by atoms with Gasteiger partial charge < -0.3 is 19.5 Å². The summed E-state index contributed by atoms with van der Waals surface area (Å²) in [5.41, 5.74) is 1.24. The predicted octanol–water partition coefficient (Wildman–Crippen LogP) is 3.15. The van der Waals surface area contributed by atoms with Crippen LogP contribution >= 0.6 is 0 Å². The maximum atomic E-state index is 12.1. The number of amides is 1. The van der Waals surface area contributed by atoms with Gasteiger partial charge in [-0.3, -0.25) is 4.79 Å². The molecular weight excluding hydrogens is 348 g/mol. The SMILES string of the molecule is CCOC(=O)c1cccc(NC(=O)COc2ccc(C#N)cc2OCC)c1. The highest BCUT2D eigenvalue weighted by Crippen LogP contribution is 2.28. The molecule has 0 heterocycles. The fraction of sp³-hybridized carbons (Fsp3) is 0.250. The van der Waals surface area contributed by atoms with Gasteiger partial charge in [-0.05, 0) is 44.2 Å². The molecular formula is C20H20N2O5. The first-order valence-electron chi connectivity index (χ1n) is 8.44. The third-order valence-corrected chi connectivity index (χ3v) is 3.39. The van der Waals surface area contributed by atoms with Gasteiger partial charge in [0.2, 0.25) is 0 Å². The van der Waals surface area contributed by atoms with Gasteiger partial charge >= 0.3 is 5.97 Å². The molecule has 0 aliphatic rings. The minimum atomic E-state index is -0.455. The number of carbonyl (C=O) groups is 2. The number of anilines is 1. The van der Waals surface area contributed by atoms with Crippen LogP contribution in [0.15, 0.2) is 42.5 Å². The van der Waals surface area contributed by atoms with Crippen molar-refractivity contribution in [3.05, 3.63) is 53.6 Å². The van der Waals surface area contributed by atoms with Gasteiger partial charge in [-0.1, -0.05) is 6.07 Å². The van der Waals surface area contributed by atoms with Crippen molar-refractivity contribution in [2.24, 2.45) is 0 Å². The molecule has 27 heavy (non-hydrogen) atoms. The zero-order valence-electron chi connectivity index (χ0n) is 15.2. The smallest absolute Gasteiger partial charge is 0.338 e. The van der Waals surface area contributed by atoms with Crippen molar-refractivity contribution in [1.82, 2.24) is 0 Å². The first-order chi connectivity index (χ1) is 13.1. The van der Waals surface area contributed by atoms with Crippen molar-refractivity contribution in [1.29, 1.82) is 5.26 Å². The minimum absolute atomic E-state index is 0.254. The summed E-state index contributed by atoms with van der Waals surface area (Å²) < 4.78 is 15.9. The number of hydrogen-bond acceptors (Lipinski definition) is 6. The second-order valence-electron chi connectivity index (χ2n) is 5.34. The van der Waals surface area contributed by atoms with Crippen molar-refractivity contribution < 1.29 is 23.8 Å². The molecule has 1 N–H and O–H groups in total. The molecule has 2 rings (SSSR count). The van der Waals surface area contributed by atoms with Gasteiger partial charge in [0.15, 0.2) is 18.1 Å². The van der Waals surface area contributed by atoms with Crippen LogP contribution < -0.4 is 14.8 Å². The van der Waals surface area contributed by atoms with E-state index in [-0.39, 0.29) is 13.2 Å². The summed E-state index contributed by atoms with van der Waals surface area (Å²) in [4.78, 5) is 23.9. The number of esters is 1. The van der Waals surface area contributed by atoms with E-state index in [1.807, 2.05) is 13.0 Å². The number of rotatable bonds is 8. The number of nitrogens with zero attached hydrogens (tertiary/aromatic N) is 1. The zero-order valence-corrected chi connectivity index (χ0v) is 15.2. The van der Waals surface area contributed by atoms with Crippen LogP contribution in [0.25, 0.3) is 0 Å². The minimum Gasteiger partial charge on any atom is -0.490 e. The molecule has 0 aliphatic heterocycles. The Morgan fingerprint density at radius 3 is 2.56 bits per heavy atom. The largest absolute Gasteiger partial charge is 0.490 e. The molecule has 0 radical (unpaired) electrons. The van der Waals surface area contributed by atoms with Crippen LogP contribution in [0.1, 0.15) is 29.8 Å². The molecule has 1 amide bonds. The fourth-order valence-electron chi connectivity index (χ4n) is 2.24. The summed E-state index contributed by atoms with van der Waals surface area (Å²) in [5, 5.41) is 11.6. The molecule has 2 aromatic carbocycles. The van der Waals surface area contributed by atoms with Gasteiger partial charge in [0.05, 0.1) is 30.4 Å². The van der Waals surface area contributed by atoms with E-state index in [0.717, 1.165) is 0 Å². The topological polar surface area (TPSA) is 97.6 Å². The second-order valence-corrected chi connectivity index (χ2v) is 5.34. The van der Waals surface area contributed by atoms with Crippen LogP contribution in [0.3, 0.4) is 0 Å². The molecule has 0 aliphatic carbocycles. The summed E-state index contributed by atoms with van der Waals surface area (Å²) in [6.07, 6.45) is 0. The molecule has 7 nitrogen and oxygen atoms in total. The Hall–Kier alpha value is -3.53. The third kappa shape index (κ3) is 5.75. The number of nitrogens with one attached hydrogen (secondary N) is 1. The van der Waals surface area contributed by atoms with E-state index in [4.69, 9.17) is 19.5 Å². The maximum absolute atomic E-state index is 12.1. The monoisotopic (exact) mass is 368 g/mol. The number of carbonyl (C=O) groups excluding carboxylic acids is 2. The number of ether oxygens (including phenoxy) is 3. The summed E-state index contributed by atoms with van der Waals surface area (Å²) in [6.45, 7) is 3.95. The van der Waals surface area contributed by atoms with Crippen molar-refractivity contribution in [3.8, 4) is 17.6 Å². The molecule has 0 saturated heterocycles. The molecule has 2 aromatic rings. The van der Waals surface area contributed by atoms with Crippen LogP contribution in [0.2, 0.25) is 0 Å². The first-order valence-corrected chi connectivity index (χ1v) is 8.44. The Balaban J connectivity index is 2.00. The lowest BCUT2D eigenvalue weighted by atomic mass is 10.2. The quantitative estimate of drug-likeness (QED) is 0.719. The van der Waals surface area contributed by atoms with E-state index in [2.05, 4.69) is 5.32 Å². The van der Waals surface area contributed by atoms with Gasteiger partial charge in [-0.15, -0.1) is 0 Å². The standard InChI is InChI=1S/C20H20N2O5/c1-3-25-18-10-14(12-21)8-9-17(18)27-13-19(23)22-16-7-5-6-15(11-16)20(24)26-4-2/h5-11H,3-4,13H2,1-2H3,(H,22,23). The number of nitriles is 1. The molecule has 7 heteroatoms. The summed E-state index contributed by atoms with van der Waals surface area (Å²) >= 11 is 0. The highest BCUT2D eigenvalue weighted by Gasteiger charge is 2.11. The molecule has 0 fully saturated rings. The predicted molar refractivity (Wildman–Crippen MR) is 98.8 cm³/mol. The lowest BCUT2D eigenvalue weighted by Gasteiger charge is -2.12. The molecule has 0 unspecified atom stereocenters. The second kappa shape index (κ2) is 9.82. The highest BCUT2D eigenvalue weighted by atomic mass is 16.5. The lowest BCUT2D eigenvalue weighted by Crippen LogP contribution is -2.20. The third-order valence-electron chi connectivity index (χ3n) is 3.39. The highest BCUT2D eigenvalue weighted by molar-refractivity contribution is 5.95. The molecule has 0 saturated carbocycles.